The van der Waals surface area contributed by atoms with Gasteiger partial charge in [-0.05, 0) is 0 Å². The van der Waals surface area contributed by atoms with Gasteiger partial charge in [-0.1, -0.05) is 0 Å². The summed E-state index contributed by atoms with van der Waals surface area (Å²) in [6.45, 7) is 0. The fourth-order valence-corrected chi connectivity index (χ4v) is 0.981. The normalized spacial score (nSPS) is 8.09. The Morgan fingerprint density at radius 3 is 2.09 bits per heavy atom. The van der Waals surface area contributed by atoms with Crippen LogP contribution >= 0.6 is 0 Å². The Labute approximate surface area is 99.1 Å². The van der Waals surface area contributed by atoms with Crippen LogP contribution in [0.15, 0.2) is 24.5 Å². The summed E-state index contributed by atoms with van der Waals surface area (Å²) >= 11 is 0.793. The standard InChI is InChI=1S/C5H4N.BH3O3.K/c1-2-4-6-5-3-1;2-1(3)4;/h1-2,4-5H;2-4H;. The molecule has 3 N–H and O–H groups in total. The van der Waals surface area contributed by atoms with E-state index in [0.717, 1.165) is 49.0 Å². The fourth-order valence-electron chi connectivity index (χ4n) is 0.448. The third kappa shape index (κ3) is 10.7. The summed E-state index contributed by atoms with van der Waals surface area (Å²) in [4.78, 5) is 3.93. The van der Waals surface area contributed by atoms with Crippen molar-refractivity contribution in [2.75, 3.05) is 0 Å². The van der Waals surface area contributed by atoms with Crippen molar-refractivity contribution in [1.82, 2.24) is 4.98 Å². The van der Waals surface area contributed by atoms with E-state index in [4.69, 9.17) is 15.1 Å². The van der Waals surface area contributed by atoms with Crippen molar-refractivity contribution in [3.05, 3.63) is 24.5 Å². The molecule has 0 radical (unpaired) electrons. The molecular weight excluding hydrogens is 172 g/mol. The summed E-state index contributed by atoms with van der Waals surface area (Å²) in [6, 6.07) is 4.08. The van der Waals surface area contributed by atoms with Crippen molar-refractivity contribution < 1.29 is 15.1 Å². The molecule has 54 valence electrons. The Morgan fingerprint density at radius 1 is 1.36 bits per heavy atom. The summed E-state index contributed by atoms with van der Waals surface area (Å²) in [5.41, 5.74) is 0. The molecule has 11 heavy (non-hydrogen) atoms. The second-order valence-corrected chi connectivity index (χ2v) is 3.68. The van der Waals surface area contributed by atoms with Crippen molar-refractivity contribution in [2.24, 2.45) is 0 Å². The molecule has 1 rings (SSSR count). The summed E-state index contributed by atoms with van der Waals surface area (Å²) in [6.07, 6.45) is 3.72. The van der Waals surface area contributed by atoms with Gasteiger partial charge in [-0.25, -0.2) is 0 Å². The predicted octanol–water partition coefficient (Wildman–Crippen LogP) is -2.18. The van der Waals surface area contributed by atoms with Gasteiger partial charge in [0.05, 0.1) is 0 Å². The topological polar surface area (TPSA) is 73.6 Å². The Morgan fingerprint density at radius 2 is 1.91 bits per heavy atom. The first-order chi connectivity index (χ1) is 5.13. The van der Waals surface area contributed by atoms with Gasteiger partial charge in [-0.2, -0.15) is 0 Å². The van der Waals surface area contributed by atoms with Crippen LogP contribution in [0, 0.1) is 0 Å². The maximum absolute atomic E-state index is 7.17. The van der Waals surface area contributed by atoms with Crippen molar-refractivity contribution in [1.29, 1.82) is 0 Å². The average Bonchev–Trinajstić information content (AvgIpc) is 1.87. The van der Waals surface area contributed by atoms with Gasteiger partial charge >= 0.3 is 85.4 Å². The number of pyridine rings is 1. The summed E-state index contributed by atoms with van der Waals surface area (Å²) in [5.74, 6) is 0. The molecule has 0 aliphatic heterocycles. The first kappa shape index (κ1) is 11.7. The van der Waals surface area contributed by atoms with Gasteiger partial charge in [-0.15, -0.1) is 0 Å². The second kappa shape index (κ2) is 7.38. The summed E-state index contributed by atoms with van der Waals surface area (Å²) in [5, 5.41) is 21.5. The van der Waals surface area contributed by atoms with E-state index in [1.807, 2.05) is 12.3 Å². The van der Waals surface area contributed by atoms with Crippen molar-refractivity contribution in [3.8, 4) is 0 Å². The predicted molar refractivity (Wildman–Crippen MR) is 42.0 cm³/mol. The van der Waals surface area contributed by atoms with E-state index in [2.05, 4.69) is 11.1 Å². The third-order valence-corrected chi connectivity index (χ3v) is 1.73. The van der Waals surface area contributed by atoms with E-state index < -0.39 is 7.32 Å². The second-order valence-electron chi connectivity index (χ2n) is 1.88. The van der Waals surface area contributed by atoms with E-state index in [-0.39, 0.29) is 0 Å². The van der Waals surface area contributed by atoms with Gasteiger partial charge in [0, 0.05) is 0 Å². The first-order valence-corrected chi connectivity index (χ1v) is 4.60. The molecule has 0 fully saturated rings. The van der Waals surface area contributed by atoms with Crippen molar-refractivity contribution >= 4 is 55.9 Å². The molecule has 0 saturated heterocycles. The van der Waals surface area contributed by atoms with Gasteiger partial charge in [0.15, 0.2) is 0 Å². The molecule has 4 nitrogen and oxygen atoms in total. The molecule has 1 aromatic heterocycles. The van der Waals surface area contributed by atoms with Crippen LogP contribution in [0.5, 0.6) is 0 Å². The third-order valence-electron chi connectivity index (χ3n) is 0.809. The quantitative estimate of drug-likeness (QED) is 0.396. The zero-order valence-corrected chi connectivity index (χ0v) is 9.30. The van der Waals surface area contributed by atoms with Crippen LogP contribution in [0.2, 0.25) is 0 Å². The van der Waals surface area contributed by atoms with Crippen LogP contribution < -0.4 is -0.342 Å². The number of hydrogen-bond donors (Lipinski definition) is 3. The molecule has 0 aliphatic carbocycles. The van der Waals surface area contributed by atoms with Gasteiger partial charge in [0.2, 0.25) is 0 Å². The van der Waals surface area contributed by atoms with Gasteiger partial charge < -0.3 is 15.1 Å². The molecule has 0 aliphatic rings. The monoisotopic (exact) mass is 179 g/mol. The SMILES string of the molecule is OB(O)O.[K][c]1cccnc1. The van der Waals surface area contributed by atoms with Gasteiger partial charge in [0.25, 0.3) is 0 Å². The molecule has 0 amide bonds. The molecule has 0 saturated carbocycles. The number of nitrogens with zero attached hydrogens (tertiary/aromatic N) is 1. The molecule has 0 unspecified atom stereocenters. The Hall–Kier alpha value is 0.731. The zero-order chi connectivity index (χ0) is 8.69. The molecule has 0 bridgehead atoms. The van der Waals surface area contributed by atoms with Gasteiger partial charge in [-0.3, -0.25) is 0 Å². The van der Waals surface area contributed by atoms with E-state index in [9.17, 15) is 0 Å². The van der Waals surface area contributed by atoms with Crippen LogP contribution in [-0.2, 0) is 0 Å². The van der Waals surface area contributed by atoms with Crippen molar-refractivity contribution in [2.45, 2.75) is 0 Å². The van der Waals surface area contributed by atoms with Crippen LogP contribution in [0.4, 0.5) is 0 Å². The molecule has 0 spiro atoms. The Balaban J connectivity index is 0.000000218. The zero-order valence-electron chi connectivity index (χ0n) is 6.18. The van der Waals surface area contributed by atoms with Crippen molar-refractivity contribution in [3.63, 3.8) is 0 Å². The number of rotatable bonds is 0. The van der Waals surface area contributed by atoms with E-state index >= 15 is 0 Å². The minimum atomic E-state index is -2.17. The average molecular weight is 179 g/mol. The molecular formula is C5H7BKNO3. The summed E-state index contributed by atoms with van der Waals surface area (Å²) < 4.78 is 1.40. The molecule has 0 aromatic carbocycles. The Kier molecular flexibility index (Phi) is 7.88. The Bertz CT molecular complexity index is 182. The van der Waals surface area contributed by atoms with Gasteiger partial charge in [0.1, 0.15) is 0 Å². The number of hydrogen-bond acceptors (Lipinski definition) is 4. The molecule has 6 heteroatoms. The van der Waals surface area contributed by atoms with E-state index in [1.54, 1.807) is 6.20 Å². The van der Waals surface area contributed by atoms with Crippen LogP contribution in [-0.4, -0.2) is 76.3 Å². The maximum atomic E-state index is 7.17. The van der Waals surface area contributed by atoms with Crippen LogP contribution in [0.1, 0.15) is 0 Å². The fraction of sp³-hybridized carbons (Fsp3) is 0. The first-order valence-electron chi connectivity index (χ1n) is 3.04. The van der Waals surface area contributed by atoms with Crippen LogP contribution in [0.3, 0.4) is 0 Å². The molecule has 1 heterocycles. The molecule has 0 atom stereocenters. The number of aromatic nitrogens is 1. The van der Waals surface area contributed by atoms with Crippen LogP contribution in [0.25, 0.3) is 0 Å². The summed E-state index contributed by atoms with van der Waals surface area (Å²) in [7, 11) is -2.17. The van der Waals surface area contributed by atoms with E-state index in [0.29, 0.717) is 0 Å². The van der Waals surface area contributed by atoms with E-state index in [1.165, 1.54) is -0.342 Å². The minimum absolute atomic E-state index is 0.793. The molecule has 1 aromatic rings.